The van der Waals surface area contributed by atoms with Gasteiger partial charge >= 0.3 is 250 Å². The van der Waals surface area contributed by atoms with Crippen molar-refractivity contribution in [2.75, 3.05) is 26.7 Å². The minimum absolute atomic E-state index is 0.348. The molecule has 0 saturated carbocycles. The maximum atomic E-state index is 14.0. The Labute approximate surface area is 249 Å². The van der Waals surface area contributed by atoms with Crippen LogP contribution in [0.4, 0.5) is 0 Å². The molecular weight excluding hydrogens is 558 g/mol. The van der Waals surface area contributed by atoms with Gasteiger partial charge in [-0.15, -0.1) is 0 Å². The Kier molecular flexibility index (Phi) is 9.12. The first kappa shape index (κ1) is 30.8. The Morgan fingerprint density at radius 1 is 0.500 bits per heavy atom. The van der Waals surface area contributed by atoms with Crippen molar-refractivity contribution >= 4 is 47.3 Å². The molecule has 4 nitrogen and oxygen atoms in total. The Balaban J connectivity index is 0.000000446. The fourth-order valence-corrected chi connectivity index (χ4v) is 10.9. The molecule has 5 aromatic rings. The summed E-state index contributed by atoms with van der Waals surface area (Å²) in [6.07, 6.45) is 0. The minimum atomic E-state index is -3.98. The van der Waals surface area contributed by atoms with Crippen molar-refractivity contribution in [3.63, 3.8) is 0 Å². The van der Waals surface area contributed by atoms with Gasteiger partial charge in [-0.1, -0.05) is 0 Å². The third kappa shape index (κ3) is 6.36. The van der Waals surface area contributed by atoms with Crippen LogP contribution in [0.3, 0.4) is 0 Å². The topological polar surface area (TPSA) is 52.6 Å². The van der Waals surface area contributed by atoms with E-state index >= 15 is 0 Å². The molecular formula is C36H38O4P2. The van der Waals surface area contributed by atoms with E-state index < -0.39 is 13.7 Å². The van der Waals surface area contributed by atoms with Crippen LogP contribution in [-0.2, 0) is 13.8 Å². The van der Waals surface area contributed by atoms with Gasteiger partial charge in [0.15, 0.2) is 0 Å². The Hall–Kier alpha value is -4.10. The number of benzene rings is 5. The Bertz CT molecular complexity index is 1420. The summed E-state index contributed by atoms with van der Waals surface area (Å²) in [5, 5.41) is 3.89. The average molecular weight is 597 g/mol. The molecule has 5 aromatic carbocycles. The summed E-state index contributed by atoms with van der Waals surface area (Å²) in [4.78, 5) is 23.8. The zero-order valence-electron chi connectivity index (χ0n) is 24.5. The third-order valence-electron chi connectivity index (χ3n) is 6.74. The first-order valence-electron chi connectivity index (χ1n) is 13.7. The Morgan fingerprint density at radius 3 is 1.02 bits per heavy atom. The second-order valence-electron chi connectivity index (χ2n) is 11.7. The van der Waals surface area contributed by atoms with Gasteiger partial charge in [-0.25, -0.2) is 0 Å². The van der Waals surface area contributed by atoms with Crippen LogP contribution in [0, 0.1) is 0 Å². The van der Waals surface area contributed by atoms with Crippen molar-refractivity contribution in [2.45, 2.75) is 0 Å². The van der Waals surface area contributed by atoms with Crippen molar-refractivity contribution in [1.29, 1.82) is 0 Å². The van der Waals surface area contributed by atoms with Crippen LogP contribution in [0.1, 0.15) is 10.4 Å². The molecule has 0 fully saturated rings. The van der Waals surface area contributed by atoms with E-state index in [4.69, 9.17) is 9.05 Å². The fourth-order valence-electron chi connectivity index (χ4n) is 4.92. The molecule has 0 aromatic heterocycles. The van der Waals surface area contributed by atoms with Gasteiger partial charge in [-0.3, -0.25) is 0 Å². The molecule has 0 radical (unpaired) electrons. The van der Waals surface area contributed by atoms with Gasteiger partial charge in [-0.05, 0) is 0 Å². The van der Waals surface area contributed by atoms with Crippen LogP contribution in [-0.4, -0.2) is 39.1 Å². The molecule has 5 rings (SSSR count). The summed E-state index contributed by atoms with van der Waals surface area (Å²) in [6, 6.07) is 50.0. The van der Waals surface area contributed by atoms with Gasteiger partial charge < -0.3 is 0 Å². The fraction of sp³-hybridized carbons (Fsp3) is 0.111. The van der Waals surface area contributed by atoms with Crippen molar-refractivity contribution in [3.8, 4) is 0 Å². The van der Waals surface area contributed by atoms with Crippen molar-refractivity contribution in [3.05, 3.63) is 157 Å². The van der Waals surface area contributed by atoms with Crippen LogP contribution >= 0.6 is 13.7 Å². The number of carbonyl (C=O) groups excluding carboxylic acids is 2. The molecule has 0 aliphatic rings. The van der Waals surface area contributed by atoms with Gasteiger partial charge in [0.2, 0.25) is 0 Å². The molecule has 0 aliphatic carbocycles. The van der Waals surface area contributed by atoms with Gasteiger partial charge in [0.1, 0.15) is 0 Å². The molecule has 0 heterocycles. The van der Waals surface area contributed by atoms with Crippen LogP contribution < -0.4 is 21.2 Å². The maximum absolute atomic E-state index is 14.0. The van der Waals surface area contributed by atoms with Crippen LogP contribution in [0.5, 0.6) is 0 Å². The van der Waals surface area contributed by atoms with E-state index in [0.29, 0.717) is 12.0 Å². The first-order valence-corrected chi connectivity index (χ1v) is 19.8. The molecule has 0 aliphatic heterocycles. The SMILES string of the molecule is CP(C)(C)(C)OC=O.O=C(OP(c1ccccc1)(c1ccccc1)(c1ccccc1)c1ccccc1)c1ccccc1. The Morgan fingerprint density at radius 2 is 0.786 bits per heavy atom. The third-order valence-corrected chi connectivity index (χ3v) is 13.3. The molecule has 0 saturated heterocycles. The van der Waals surface area contributed by atoms with Gasteiger partial charge in [0.05, 0.1) is 0 Å². The van der Waals surface area contributed by atoms with Crippen LogP contribution in [0.15, 0.2) is 152 Å². The summed E-state index contributed by atoms with van der Waals surface area (Å²) >= 11 is 0. The second kappa shape index (κ2) is 12.4. The van der Waals surface area contributed by atoms with Crippen molar-refractivity contribution in [1.82, 2.24) is 0 Å². The summed E-state index contributed by atoms with van der Waals surface area (Å²) in [6.45, 7) is 2.46. The molecule has 216 valence electrons. The van der Waals surface area contributed by atoms with E-state index in [-0.39, 0.29) is 5.97 Å². The number of hydrogen-bond acceptors (Lipinski definition) is 4. The summed E-state index contributed by atoms with van der Waals surface area (Å²) in [5.74, 6) is -0.348. The van der Waals surface area contributed by atoms with Gasteiger partial charge in [-0.2, -0.15) is 0 Å². The van der Waals surface area contributed by atoms with E-state index in [1.807, 2.05) is 118 Å². The number of carbonyl (C=O) groups is 2. The monoisotopic (exact) mass is 596 g/mol. The van der Waals surface area contributed by atoms with E-state index in [2.05, 4.69) is 48.5 Å². The standard InChI is InChI=1S/C31H25O2P.C5H13O2P/c32-31(26-16-6-1-7-17-26)33-34(27-18-8-2-9-19-27,28-20-10-3-11-21-28,29-22-12-4-13-23-29)30-24-14-5-15-25-30;1-8(2,3,4)7-5-6/h1-25H;5H,1-4H3. The average Bonchev–Trinajstić information content (AvgIpc) is 3.01. The zero-order chi connectivity index (χ0) is 30.2. The van der Waals surface area contributed by atoms with Crippen LogP contribution in [0.25, 0.3) is 0 Å². The molecule has 6 heteroatoms. The zero-order valence-corrected chi connectivity index (χ0v) is 26.3. The molecule has 0 amide bonds. The summed E-state index contributed by atoms with van der Waals surface area (Å²) < 4.78 is 11.9. The summed E-state index contributed by atoms with van der Waals surface area (Å²) in [5.41, 5.74) is 0.523. The molecule has 0 spiro atoms. The van der Waals surface area contributed by atoms with E-state index in [1.54, 1.807) is 12.1 Å². The quantitative estimate of drug-likeness (QED) is 0.147. The van der Waals surface area contributed by atoms with Crippen molar-refractivity contribution < 1.29 is 18.6 Å². The molecule has 0 atom stereocenters. The molecule has 0 bridgehead atoms. The van der Waals surface area contributed by atoms with E-state index in [1.165, 1.54) is 0 Å². The predicted octanol–water partition coefficient (Wildman–Crippen LogP) is 6.76. The van der Waals surface area contributed by atoms with Crippen LogP contribution in [0.2, 0.25) is 0 Å². The predicted molar refractivity (Wildman–Crippen MR) is 181 cm³/mol. The molecule has 42 heavy (non-hydrogen) atoms. The molecule has 0 unspecified atom stereocenters. The number of rotatable bonds is 8. The summed E-state index contributed by atoms with van der Waals surface area (Å²) in [7, 11) is 0. The number of hydrogen-bond donors (Lipinski definition) is 0. The normalized spacial score (nSPS) is 13.0. The van der Waals surface area contributed by atoms with Crippen molar-refractivity contribution in [2.24, 2.45) is 0 Å². The van der Waals surface area contributed by atoms with Gasteiger partial charge in [0.25, 0.3) is 0 Å². The molecule has 0 N–H and O–H groups in total. The van der Waals surface area contributed by atoms with E-state index in [0.717, 1.165) is 21.2 Å². The first-order chi connectivity index (χ1) is 20.1. The van der Waals surface area contributed by atoms with E-state index in [9.17, 15) is 9.59 Å². The van der Waals surface area contributed by atoms with Gasteiger partial charge in [0, 0.05) is 0 Å². The second-order valence-corrected chi connectivity index (χ2v) is 23.1.